The number of nitrogens with zero attached hydrogens (tertiary/aromatic N) is 4. The Bertz CT molecular complexity index is 1480. The van der Waals surface area contributed by atoms with Crippen molar-refractivity contribution >= 4 is 43.8 Å². The summed E-state index contributed by atoms with van der Waals surface area (Å²) in [4.78, 5) is 22.0. The van der Waals surface area contributed by atoms with Crippen LogP contribution in [0.1, 0.15) is 64.3 Å². The number of likely N-dealkylation sites (tertiary alicyclic amines) is 1. The summed E-state index contributed by atoms with van der Waals surface area (Å²) in [6, 6.07) is 4.56. The number of carbonyl (C=O) groups is 1. The van der Waals surface area contributed by atoms with Crippen molar-refractivity contribution in [2.75, 3.05) is 20.1 Å². The zero-order chi connectivity index (χ0) is 28.0. The van der Waals surface area contributed by atoms with Gasteiger partial charge in [-0.2, -0.15) is 0 Å². The number of rotatable bonds is 4. The quantitative estimate of drug-likeness (QED) is 0.331. The van der Waals surface area contributed by atoms with Gasteiger partial charge in [-0.15, -0.1) is 0 Å². The molecule has 1 saturated carbocycles. The van der Waals surface area contributed by atoms with Gasteiger partial charge in [-0.05, 0) is 108 Å². The maximum Gasteiger partial charge on any atom is 0.410 e. The normalized spacial score (nSPS) is 25.9. The van der Waals surface area contributed by atoms with Crippen LogP contribution < -0.4 is 4.74 Å². The van der Waals surface area contributed by atoms with Crippen LogP contribution in [0.25, 0.3) is 21.8 Å². The van der Waals surface area contributed by atoms with Gasteiger partial charge in [0.1, 0.15) is 17.2 Å². The van der Waals surface area contributed by atoms with E-state index in [1.165, 1.54) is 0 Å². The molecular formula is C30H38BrFN4O3. The summed E-state index contributed by atoms with van der Waals surface area (Å²) in [5.74, 6) is 0.411. The Morgan fingerprint density at radius 2 is 1.97 bits per heavy atom. The summed E-state index contributed by atoms with van der Waals surface area (Å²) in [7, 11) is 2.13. The van der Waals surface area contributed by atoms with Crippen molar-refractivity contribution < 1.29 is 18.7 Å². The molecule has 3 aromatic rings. The second-order valence-corrected chi connectivity index (χ2v) is 13.5. The standard InChI is InChI=1S/C30H38BrFN4O3/c1-15-11-19-25(24(32)23(15)31)33-28(38-17(3)21-9-8-10-34(21)7)20-12-16(2)36(27(19)20)26-18-13-22(26)35(14-18)29(37)39-30(4,5)6/h11-12,17-18,21-22,26H,8-10,13-14H2,1-7H3/t17-,18+,21-,22+,26-/m0/s1. The fraction of sp³-hybridized carbons (Fsp3) is 0.600. The summed E-state index contributed by atoms with van der Waals surface area (Å²) < 4.78 is 30.8. The highest BCUT2D eigenvalue weighted by molar-refractivity contribution is 9.10. The number of halogens is 2. The summed E-state index contributed by atoms with van der Waals surface area (Å²) >= 11 is 3.43. The molecule has 9 heteroatoms. The molecule has 7 rings (SSSR count). The number of aryl methyl sites for hydroxylation is 2. The largest absolute Gasteiger partial charge is 0.472 e. The lowest BCUT2D eigenvalue weighted by Crippen LogP contribution is -2.44. The molecule has 0 unspecified atom stereocenters. The van der Waals surface area contributed by atoms with Crippen LogP contribution in [0.5, 0.6) is 5.88 Å². The van der Waals surface area contributed by atoms with Crippen molar-refractivity contribution in [1.82, 2.24) is 19.4 Å². The van der Waals surface area contributed by atoms with Gasteiger partial charge in [0.15, 0.2) is 5.82 Å². The molecular weight excluding hydrogens is 563 g/mol. The average Bonchev–Trinajstić information content (AvgIpc) is 3.61. The first-order chi connectivity index (χ1) is 18.4. The van der Waals surface area contributed by atoms with Gasteiger partial charge >= 0.3 is 6.09 Å². The number of aromatic nitrogens is 2. The van der Waals surface area contributed by atoms with E-state index in [1.807, 2.05) is 38.7 Å². The van der Waals surface area contributed by atoms with Crippen LogP contribution in [0, 0.1) is 25.6 Å². The molecule has 5 atom stereocenters. The molecule has 1 amide bonds. The van der Waals surface area contributed by atoms with Crippen molar-refractivity contribution in [3.8, 4) is 5.88 Å². The molecule has 2 aromatic heterocycles. The van der Waals surface area contributed by atoms with Crippen LogP contribution in [0.15, 0.2) is 16.6 Å². The molecule has 0 N–H and O–H groups in total. The van der Waals surface area contributed by atoms with E-state index in [1.54, 1.807) is 0 Å². The number of carbonyl (C=O) groups excluding carboxylic acids is 1. The van der Waals surface area contributed by atoms with E-state index in [-0.39, 0.29) is 30.1 Å². The molecule has 3 saturated heterocycles. The zero-order valence-electron chi connectivity index (χ0n) is 23.8. The number of hydrogen-bond donors (Lipinski definition) is 0. The van der Waals surface area contributed by atoms with Crippen molar-refractivity contribution in [3.63, 3.8) is 0 Å². The predicted molar refractivity (Wildman–Crippen MR) is 154 cm³/mol. The first-order valence-corrected chi connectivity index (χ1v) is 14.8. The maximum absolute atomic E-state index is 15.7. The van der Waals surface area contributed by atoms with E-state index >= 15 is 4.39 Å². The van der Waals surface area contributed by atoms with Gasteiger partial charge in [0.2, 0.25) is 5.88 Å². The molecule has 0 spiro atoms. The molecule has 39 heavy (non-hydrogen) atoms. The van der Waals surface area contributed by atoms with Crippen LogP contribution >= 0.6 is 15.9 Å². The Labute approximate surface area is 237 Å². The first-order valence-electron chi connectivity index (χ1n) is 14.0. The second kappa shape index (κ2) is 9.33. The molecule has 4 fully saturated rings. The van der Waals surface area contributed by atoms with Crippen LogP contribution in [-0.4, -0.2) is 69.4 Å². The minimum absolute atomic E-state index is 0.0409. The lowest BCUT2D eigenvalue weighted by atomic mass is 9.79. The highest BCUT2D eigenvalue weighted by Gasteiger charge is 2.56. The minimum atomic E-state index is -0.545. The molecule has 210 valence electrons. The Morgan fingerprint density at radius 1 is 1.23 bits per heavy atom. The highest BCUT2D eigenvalue weighted by atomic mass is 79.9. The number of hydrogen-bond acceptors (Lipinski definition) is 5. The van der Waals surface area contributed by atoms with Gasteiger partial charge in [-0.1, -0.05) is 0 Å². The Morgan fingerprint density at radius 3 is 2.64 bits per heavy atom. The number of likely N-dealkylation sites (N-methyl/N-ethyl adjacent to an activating group) is 1. The molecule has 5 heterocycles. The third-order valence-corrected chi connectivity index (χ3v) is 9.86. The molecule has 0 radical (unpaired) electrons. The molecule has 7 nitrogen and oxygen atoms in total. The van der Waals surface area contributed by atoms with Gasteiger partial charge < -0.3 is 18.9 Å². The number of ether oxygens (including phenoxy) is 2. The highest BCUT2D eigenvalue weighted by Crippen LogP contribution is 2.53. The lowest BCUT2D eigenvalue weighted by Gasteiger charge is -2.39. The van der Waals surface area contributed by atoms with Crippen LogP contribution in [0.2, 0.25) is 0 Å². The average molecular weight is 602 g/mol. The number of benzene rings is 1. The summed E-state index contributed by atoms with van der Waals surface area (Å²) in [6.45, 7) is 13.5. The maximum atomic E-state index is 15.7. The van der Waals surface area contributed by atoms with E-state index in [2.05, 4.69) is 52.4 Å². The molecule has 1 aromatic carbocycles. The van der Waals surface area contributed by atoms with Gasteiger partial charge in [0.05, 0.1) is 27.5 Å². The summed E-state index contributed by atoms with van der Waals surface area (Å²) in [5.41, 5.74) is 2.56. The Balaban J connectivity index is 1.48. The van der Waals surface area contributed by atoms with Crippen LogP contribution in [-0.2, 0) is 4.74 Å². The Hall–Kier alpha value is -2.39. The SMILES string of the molecule is Cc1cc2c(nc(O[C@@H](C)[C@@H]3CCCN3C)c3cc(C)n([C@H]4[C@@H]5C[C@H]4N(C(=O)OC(C)(C)C)C5)c32)c(F)c1Br. The van der Waals surface area contributed by atoms with Crippen molar-refractivity contribution in [2.45, 2.75) is 90.6 Å². The molecule has 3 aliphatic heterocycles. The van der Waals surface area contributed by atoms with E-state index < -0.39 is 5.60 Å². The summed E-state index contributed by atoms with van der Waals surface area (Å²) in [5, 5.41) is 1.66. The fourth-order valence-corrected chi connectivity index (χ4v) is 7.35. The third kappa shape index (κ3) is 4.31. The van der Waals surface area contributed by atoms with Gasteiger partial charge in [-0.25, -0.2) is 14.2 Å². The van der Waals surface area contributed by atoms with E-state index in [0.717, 1.165) is 53.4 Å². The van der Waals surface area contributed by atoms with Crippen molar-refractivity contribution in [1.29, 1.82) is 0 Å². The smallest absolute Gasteiger partial charge is 0.410 e. The Kier molecular flexibility index (Phi) is 6.42. The monoisotopic (exact) mass is 600 g/mol. The minimum Gasteiger partial charge on any atom is -0.472 e. The van der Waals surface area contributed by atoms with Crippen molar-refractivity contribution in [3.05, 3.63) is 33.7 Å². The van der Waals surface area contributed by atoms with Crippen molar-refractivity contribution in [2.24, 2.45) is 5.92 Å². The van der Waals surface area contributed by atoms with Crippen LogP contribution in [0.4, 0.5) is 9.18 Å². The van der Waals surface area contributed by atoms with Gasteiger partial charge in [-0.3, -0.25) is 4.90 Å². The molecule has 1 aliphatic carbocycles. The van der Waals surface area contributed by atoms with Crippen LogP contribution in [0.3, 0.4) is 0 Å². The third-order valence-electron chi connectivity index (χ3n) is 8.89. The molecule has 4 aliphatic rings. The number of pyridine rings is 1. The first kappa shape index (κ1) is 26.8. The molecule has 2 bridgehead atoms. The second-order valence-electron chi connectivity index (χ2n) is 12.8. The fourth-order valence-electron chi connectivity index (χ4n) is 7.05. The number of amides is 1. The van der Waals surface area contributed by atoms with E-state index in [0.29, 0.717) is 34.4 Å². The topological polar surface area (TPSA) is 59.8 Å². The summed E-state index contributed by atoms with van der Waals surface area (Å²) in [6.07, 6.45) is 2.81. The zero-order valence-corrected chi connectivity index (χ0v) is 25.4. The van der Waals surface area contributed by atoms with E-state index in [9.17, 15) is 4.79 Å². The van der Waals surface area contributed by atoms with Gasteiger partial charge in [0, 0.05) is 29.6 Å². The van der Waals surface area contributed by atoms with Gasteiger partial charge in [0.25, 0.3) is 0 Å². The lowest BCUT2D eigenvalue weighted by molar-refractivity contribution is 0.0210. The number of fused-ring (bicyclic) bond motifs is 4. The predicted octanol–water partition coefficient (Wildman–Crippen LogP) is 6.75. The van der Waals surface area contributed by atoms with E-state index in [4.69, 9.17) is 14.5 Å².